The van der Waals surface area contributed by atoms with Crippen LogP contribution in [0.5, 0.6) is 0 Å². The minimum absolute atomic E-state index is 0.0349. The van der Waals surface area contributed by atoms with Gasteiger partial charge in [-0.15, -0.1) is 0 Å². The zero-order valence-electron chi connectivity index (χ0n) is 12.4. The molecular weight excluding hydrogens is 254 g/mol. The number of nitrogens with zero attached hydrogens (tertiary/aromatic N) is 2. The van der Waals surface area contributed by atoms with Crippen LogP contribution in [-0.4, -0.2) is 28.1 Å². The summed E-state index contributed by atoms with van der Waals surface area (Å²) in [6, 6.07) is 3.76. The van der Waals surface area contributed by atoms with Gasteiger partial charge in [0.25, 0.3) is 0 Å². The van der Waals surface area contributed by atoms with Gasteiger partial charge in [-0.05, 0) is 46.1 Å². The fraction of sp³-hybridized carbons (Fsp3) is 0.600. The number of aromatic nitrogens is 1. The summed E-state index contributed by atoms with van der Waals surface area (Å²) in [4.78, 5) is 18.3. The highest BCUT2D eigenvalue weighted by molar-refractivity contribution is 5.69. The Morgan fingerprint density at radius 2 is 2.20 bits per heavy atom. The van der Waals surface area contributed by atoms with E-state index in [4.69, 9.17) is 10.5 Å². The first-order chi connectivity index (χ1) is 9.38. The van der Waals surface area contributed by atoms with Crippen LogP contribution < -0.4 is 5.73 Å². The number of hydrogen-bond donors (Lipinski definition) is 1. The molecule has 1 amide bonds. The molecule has 2 N–H and O–H groups in total. The van der Waals surface area contributed by atoms with Crippen molar-refractivity contribution in [1.29, 1.82) is 0 Å². The number of piperidine rings is 1. The molecule has 1 aliphatic rings. The number of nitrogens with two attached hydrogens (primary N) is 1. The second kappa shape index (κ2) is 5.69. The summed E-state index contributed by atoms with van der Waals surface area (Å²) < 4.78 is 5.49. The lowest BCUT2D eigenvalue weighted by molar-refractivity contribution is 0.00958. The van der Waals surface area contributed by atoms with Crippen molar-refractivity contribution in [3.05, 3.63) is 23.9 Å². The van der Waals surface area contributed by atoms with Crippen LogP contribution in [0.15, 0.2) is 18.3 Å². The van der Waals surface area contributed by atoms with Crippen LogP contribution in [0.1, 0.15) is 51.6 Å². The third kappa shape index (κ3) is 3.40. The number of pyridine rings is 1. The van der Waals surface area contributed by atoms with Gasteiger partial charge in [-0.1, -0.05) is 6.07 Å². The fourth-order valence-corrected chi connectivity index (χ4v) is 2.51. The molecular formula is C15H23N3O2. The molecule has 5 heteroatoms. The summed E-state index contributed by atoms with van der Waals surface area (Å²) in [5, 5.41) is 0. The Morgan fingerprint density at radius 3 is 2.85 bits per heavy atom. The van der Waals surface area contributed by atoms with Crippen molar-refractivity contribution in [2.24, 2.45) is 0 Å². The number of anilines is 1. The van der Waals surface area contributed by atoms with Crippen LogP contribution in [0.4, 0.5) is 10.6 Å². The van der Waals surface area contributed by atoms with Crippen molar-refractivity contribution in [2.75, 3.05) is 12.3 Å². The topological polar surface area (TPSA) is 68.5 Å². The van der Waals surface area contributed by atoms with E-state index >= 15 is 0 Å². The Morgan fingerprint density at radius 1 is 1.45 bits per heavy atom. The minimum atomic E-state index is -0.487. The van der Waals surface area contributed by atoms with Crippen molar-refractivity contribution in [2.45, 2.75) is 51.7 Å². The number of carbonyl (C=O) groups excluding carboxylic acids is 1. The maximum absolute atomic E-state index is 12.4. The molecule has 1 atom stereocenters. The Hall–Kier alpha value is -1.78. The SMILES string of the molecule is CC(C)(C)OC(=O)N1CCCCC1c1cccnc1N. The van der Waals surface area contributed by atoms with Gasteiger partial charge < -0.3 is 15.4 Å². The van der Waals surface area contributed by atoms with Gasteiger partial charge in [0.1, 0.15) is 11.4 Å². The second-order valence-electron chi connectivity index (χ2n) is 6.16. The van der Waals surface area contributed by atoms with Gasteiger partial charge in [0.05, 0.1) is 6.04 Å². The highest BCUT2D eigenvalue weighted by Crippen LogP contribution is 2.34. The zero-order valence-corrected chi connectivity index (χ0v) is 12.4. The first kappa shape index (κ1) is 14.6. The number of hydrogen-bond acceptors (Lipinski definition) is 4. The highest BCUT2D eigenvalue weighted by Gasteiger charge is 2.32. The van der Waals surface area contributed by atoms with Crippen molar-refractivity contribution in [3.8, 4) is 0 Å². The van der Waals surface area contributed by atoms with E-state index in [1.165, 1.54) is 0 Å². The summed E-state index contributed by atoms with van der Waals surface area (Å²) in [6.07, 6.45) is 4.37. The number of likely N-dealkylation sites (tertiary alicyclic amines) is 1. The molecule has 0 bridgehead atoms. The van der Waals surface area contributed by atoms with E-state index < -0.39 is 5.60 Å². The highest BCUT2D eigenvalue weighted by atomic mass is 16.6. The first-order valence-corrected chi connectivity index (χ1v) is 7.08. The summed E-state index contributed by atoms with van der Waals surface area (Å²) in [7, 11) is 0. The zero-order chi connectivity index (χ0) is 14.8. The molecule has 0 spiro atoms. The molecule has 1 aromatic rings. The Kier molecular flexibility index (Phi) is 4.16. The third-order valence-electron chi connectivity index (χ3n) is 3.36. The first-order valence-electron chi connectivity index (χ1n) is 7.08. The fourth-order valence-electron chi connectivity index (χ4n) is 2.51. The summed E-state index contributed by atoms with van der Waals surface area (Å²) in [5.74, 6) is 0.493. The van der Waals surface area contributed by atoms with Crippen LogP contribution in [0.2, 0.25) is 0 Å². The number of nitrogen functional groups attached to an aromatic ring is 1. The number of ether oxygens (including phenoxy) is 1. The molecule has 0 aliphatic carbocycles. The predicted molar refractivity (Wildman–Crippen MR) is 78.2 cm³/mol. The molecule has 20 heavy (non-hydrogen) atoms. The standard InChI is InChI=1S/C15H23N3O2/c1-15(2,3)20-14(19)18-10-5-4-8-12(18)11-7-6-9-17-13(11)16/h6-7,9,12H,4-5,8,10H2,1-3H3,(H2,16,17). The lowest BCUT2D eigenvalue weighted by atomic mass is 9.96. The molecule has 1 aliphatic heterocycles. The summed E-state index contributed by atoms with van der Waals surface area (Å²) in [5.41, 5.74) is 6.38. The second-order valence-corrected chi connectivity index (χ2v) is 6.16. The molecule has 0 radical (unpaired) electrons. The lowest BCUT2D eigenvalue weighted by Crippen LogP contribution is -2.42. The van der Waals surface area contributed by atoms with Crippen molar-refractivity contribution in [3.63, 3.8) is 0 Å². The lowest BCUT2D eigenvalue weighted by Gasteiger charge is -2.37. The van der Waals surface area contributed by atoms with E-state index in [0.717, 1.165) is 24.8 Å². The number of carbonyl (C=O) groups is 1. The van der Waals surface area contributed by atoms with Crippen LogP contribution in [-0.2, 0) is 4.74 Å². The summed E-state index contributed by atoms with van der Waals surface area (Å²) >= 11 is 0. The molecule has 1 saturated heterocycles. The van der Waals surface area contributed by atoms with Crippen LogP contribution in [0.3, 0.4) is 0 Å². The van der Waals surface area contributed by atoms with E-state index in [9.17, 15) is 4.79 Å². The molecule has 2 rings (SSSR count). The van der Waals surface area contributed by atoms with Crippen molar-refractivity contribution < 1.29 is 9.53 Å². The molecule has 110 valence electrons. The van der Waals surface area contributed by atoms with Gasteiger partial charge in [-0.3, -0.25) is 0 Å². The Bertz CT molecular complexity index is 482. The maximum Gasteiger partial charge on any atom is 0.410 e. The minimum Gasteiger partial charge on any atom is -0.444 e. The quantitative estimate of drug-likeness (QED) is 0.856. The summed E-state index contributed by atoms with van der Waals surface area (Å²) in [6.45, 7) is 6.33. The smallest absolute Gasteiger partial charge is 0.410 e. The van der Waals surface area contributed by atoms with E-state index in [2.05, 4.69) is 4.98 Å². The van der Waals surface area contributed by atoms with E-state index in [0.29, 0.717) is 12.4 Å². The van der Waals surface area contributed by atoms with Gasteiger partial charge in [0.15, 0.2) is 0 Å². The molecule has 0 aromatic carbocycles. The maximum atomic E-state index is 12.4. The number of rotatable bonds is 1. The van der Waals surface area contributed by atoms with E-state index in [1.54, 1.807) is 11.1 Å². The molecule has 2 heterocycles. The average molecular weight is 277 g/mol. The normalized spacial score (nSPS) is 19.8. The van der Waals surface area contributed by atoms with Gasteiger partial charge in [0.2, 0.25) is 0 Å². The van der Waals surface area contributed by atoms with E-state index in [1.807, 2.05) is 32.9 Å². The molecule has 1 aromatic heterocycles. The van der Waals surface area contributed by atoms with Crippen LogP contribution in [0.25, 0.3) is 0 Å². The monoisotopic (exact) mass is 277 g/mol. The van der Waals surface area contributed by atoms with Crippen LogP contribution >= 0.6 is 0 Å². The van der Waals surface area contributed by atoms with Gasteiger partial charge >= 0.3 is 6.09 Å². The largest absolute Gasteiger partial charge is 0.444 e. The van der Waals surface area contributed by atoms with Gasteiger partial charge in [-0.2, -0.15) is 0 Å². The molecule has 5 nitrogen and oxygen atoms in total. The van der Waals surface area contributed by atoms with Gasteiger partial charge in [-0.25, -0.2) is 9.78 Å². The van der Waals surface area contributed by atoms with Gasteiger partial charge in [0, 0.05) is 18.3 Å². The molecule has 1 fully saturated rings. The Labute approximate surface area is 120 Å². The number of amides is 1. The van der Waals surface area contributed by atoms with Crippen LogP contribution in [0, 0.1) is 0 Å². The third-order valence-corrected chi connectivity index (χ3v) is 3.36. The van der Waals surface area contributed by atoms with Crippen molar-refractivity contribution >= 4 is 11.9 Å². The van der Waals surface area contributed by atoms with E-state index in [-0.39, 0.29) is 12.1 Å². The predicted octanol–water partition coefficient (Wildman–Crippen LogP) is 3.13. The molecule has 0 saturated carbocycles. The average Bonchev–Trinajstić information content (AvgIpc) is 2.37. The molecule has 1 unspecified atom stereocenters. The van der Waals surface area contributed by atoms with Crippen molar-refractivity contribution in [1.82, 2.24) is 9.88 Å². The Balaban J connectivity index is 2.22.